The lowest BCUT2D eigenvalue weighted by Crippen LogP contribution is -2.61. The lowest BCUT2D eigenvalue weighted by Gasteiger charge is -2.35. The van der Waals surface area contributed by atoms with E-state index in [1.54, 1.807) is 58.0 Å². The summed E-state index contributed by atoms with van der Waals surface area (Å²) in [5.74, 6) is -20.5. The smallest absolute Gasteiger partial charge is 0.325 e. The molecule has 1 aromatic heterocycles. The second-order valence-electron chi connectivity index (χ2n) is 17.7. The minimum atomic E-state index is -1.98. The Labute approximate surface area is 376 Å². The third-order valence-corrected chi connectivity index (χ3v) is 10.5. The maximum atomic E-state index is 14.5. The highest BCUT2D eigenvalue weighted by Crippen LogP contribution is 2.36. The number of halogens is 4. The summed E-state index contributed by atoms with van der Waals surface area (Å²) in [6, 6.07) is 4.10. The van der Waals surface area contributed by atoms with Gasteiger partial charge in [0.05, 0.1) is 11.9 Å². The predicted octanol–water partition coefficient (Wildman–Crippen LogP) is 3.32. The fourth-order valence-corrected chi connectivity index (χ4v) is 7.41. The van der Waals surface area contributed by atoms with Crippen LogP contribution in [0.2, 0.25) is 0 Å². The van der Waals surface area contributed by atoms with E-state index in [1.807, 2.05) is 20.8 Å². The van der Waals surface area contributed by atoms with Crippen molar-refractivity contribution >= 4 is 58.3 Å². The zero-order valence-electron chi connectivity index (χ0n) is 37.2. The molecule has 22 heteroatoms. The molecule has 3 aromatic rings. The molecule has 4 rings (SSSR count). The van der Waals surface area contributed by atoms with Gasteiger partial charge in [0.15, 0.2) is 24.0 Å². The Morgan fingerprint density at radius 1 is 0.833 bits per heavy atom. The van der Waals surface area contributed by atoms with E-state index < -0.39 is 143 Å². The van der Waals surface area contributed by atoms with Crippen molar-refractivity contribution in [2.24, 2.45) is 23.2 Å². The zero-order valence-corrected chi connectivity index (χ0v) is 37.2. The first-order valence-electron chi connectivity index (χ1n) is 20.9. The normalized spacial score (nSPS) is 16.3. The number of rotatable bonds is 18. The van der Waals surface area contributed by atoms with E-state index in [9.17, 15) is 66.1 Å². The molecule has 6 N–H and O–H groups in total. The molecule has 0 bridgehead atoms. The van der Waals surface area contributed by atoms with Crippen molar-refractivity contribution in [3.8, 4) is 5.75 Å². The Bertz CT molecular complexity index is 2330. The first-order chi connectivity index (χ1) is 30.8. The van der Waals surface area contributed by atoms with Crippen molar-refractivity contribution in [3.63, 3.8) is 0 Å². The van der Waals surface area contributed by atoms with Crippen LogP contribution in [0.25, 0.3) is 10.9 Å². The SMILES string of the molecule is CC(C)[C@H](NC(=O)c1ccc2ccccc2n1)C(=O)N[C@@H](CC(=O)O)C(=O)N[C@H](C(=O)N1CC[C@@H](CC(C)(C)C)C1C(=O)NN(CC(=O)O)C(=O)COc1c(F)c(F)cc(F)c1F)C(C)C. The Morgan fingerprint density at radius 2 is 1.45 bits per heavy atom. The van der Waals surface area contributed by atoms with Crippen molar-refractivity contribution in [3.05, 3.63) is 71.4 Å². The molecule has 358 valence electrons. The van der Waals surface area contributed by atoms with Crippen molar-refractivity contribution in [1.82, 2.24) is 36.3 Å². The van der Waals surface area contributed by atoms with Gasteiger partial charge in [0.25, 0.3) is 17.7 Å². The summed E-state index contributed by atoms with van der Waals surface area (Å²) in [5.41, 5.74) is 2.17. The van der Waals surface area contributed by atoms with Gasteiger partial charge in [0.2, 0.25) is 29.4 Å². The van der Waals surface area contributed by atoms with E-state index in [2.05, 4.69) is 31.1 Å². The van der Waals surface area contributed by atoms with Crippen LogP contribution in [0.4, 0.5) is 17.6 Å². The van der Waals surface area contributed by atoms with Gasteiger partial charge in [-0.25, -0.2) is 18.8 Å². The van der Waals surface area contributed by atoms with Crippen LogP contribution >= 0.6 is 0 Å². The molecule has 0 radical (unpaired) electrons. The number of ether oxygens (including phenoxy) is 1. The second-order valence-corrected chi connectivity index (χ2v) is 17.7. The van der Waals surface area contributed by atoms with E-state index in [0.29, 0.717) is 11.9 Å². The average Bonchev–Trinajstić information content (AvgIpc) is 3.64. The van der Waals surface area contributed by atoms with Crippen LogP contribution in [-0.4, -0.2) is 116 Å². The number of nitrogens with zero attached hydrogens (tertiary/aromatic N) is 3. The third kappa shape index (κ3) is 13.3. The first-order valence-corrected chi connectivity index (χ1v) is 20.9. The summed E-state index contributed by atoms with van der Waals surface area (Å²) in [6.45, 7) is 9.09. The quantitative estimate of drug-likeness (QED) is 0.0611. The molecule has 0 spiro atoms. The Balaban J connectivity index is 1.56. The van der Waals surface area contributed by atoms with Crippen LogP contribution < -0.4 is 26.1 Å². The number of aromatic nitrogens is 1. The minimum absolute atomic E-state index is 0.00818. The molecule has 18 nitrogen and oxygen atoms in total. The molecular weight excluding hydrogens is 879 g/mol. The molecule has 1 aliphatic heterocycles. The predicted molar refractivity (Wildman–Crippen MR) is 226 cm³/mol. The van der Waals surface area contributed by atoms with Gasteiger partial charge in [-0.1, -0.05) is 72.7 Å². The molecule has 5 atom stereocenters. The number of hydrogen-bond donors (Lipinski definition) is 6. The van der Waals surface area contributed by atoms with E-state index in [0.717, 1.165) is 10.3 Å². The highest BCUT2D eigenvalue weighted by atomic mass is 19.2. The summed E-state index contributed by atoms with van der Waals surface area (Å²) in [7, 11) is 0. The second kappa shape index (κ2) is 21.9. The van der Waals surface area contributed by atoms with Gasteiger partial charge in [0.1, 0.15) is 36.4 Å². The number of aliphatic carboxylic acids is 2. The molecule has 2 aromatic carbocycles. The maximum Gasteiger partial charge on any atom is 0.325 e. The van der Waals surface area contributed by atoms with Gasteiger partial charge in [0, 0.05) is 18.0 Å². The summed E-state index contributed by atoms with van der Waals surface area (Å²) < 4.78 is 60.7. The highest BCUT2D eigenvalue weighted by molar-refractivity contribution is 6.00. The van der Waals surface area contributed by atoms with Crippen LogP contribution in [0.15, 0.2) is 42.5 Å². The van der Waals surface area contributed by atoms with Crippen molar-refractivity contribution in [1.29, 1.82) is 0 Å². The number of amides is 6. The number of carboxylic acids is 2. The third-order valence-electron chi connectivity index (χ3n) is 10.5. The number of likely N-dealkylation sites (tertiary alicyclic amines) is 1. The lowest BCUT2D eigenvalue weighted by atomic mass is 9.81. The van der Waals surface area contributed by atoms with Crippen molar-refractivity contribution in [2.75, 3.05) is 19.7 Å². The van der Waals surface area contributed by atoms with E-state index in [4.69, 9.17) is 0 Å². The van der Waals surface area contributed by atoms with Crippen LogP contribution in [0, 0.1) is 46.4 Å². The topological polar surface area (TPSA) is 254 Å². The summed E-state index contributed by atoms with van der Waals surface area (Å²) in [6.07, 6.45) is -0.451. The number of carbonyl (C=O) groups excluding carboxylic acids is 6. The summed E-state index contributed by atoms with van der Waals surface area (Å²) in [4.78, 5) is 112. The van der Waals surface area contributed by atoms with Crippen molar-refractivity contribution in [2.45, 2.75) is 91.9 Å². The minimum Gasteiger partial charge on any atom is -0.481 e. The Kier molecular flexibility index (Phi) is 17.2. The number of carbonyl (C=O) groups is 8. The number of benzene rings is 2. The molecule has 0 saturated carbocycles. The number of hydrazine groups is 1. The van der Waals surface area contributed by atoms with E-state index in [1.165, 1.54) is 6.07 Å². The highest BCUT2D eigenvalue weighted by Gasteiger charge is 2.46. The van der Waals surface area contributed by atoms with Gasteiger partial charge in [-0.3, -0.25) is 43.8 Å². The molecule has 6 amide bonds. The van der Waals surface area contributed by atoms with E-state index in [-0.39, 0.29) is 29.7 Å². The van der Waals surface area contributed by atoms with E-state index >= 15 is 0 Å². The molecule has 66 heavy (non-hydrogen) atoms. The number of fused-ring (bicyclic) bond motifs is 1. The molecule has 1 fully saturated rings. The fraction of sp³-hybridized carbons (Fsp3) is 0.477. The maximum absolute atomic E-state index is 14.5. The number of nitrogens with one attached hydrogen (secondary N) is 4. The number of para-hydroxylation sites is 1. The van der Waals surface area contributed by atoms with Crippen LogP contribution in [0.5, 0.6) is 5.75 Å². The summed E-state index contributed by atoms with van der Waals surface area (Å²) in [5, 5.41) is 27.8. The standard InChI is InChI=1S/C44H53F4N7O11/c1-21(2)35(51-39(61)28-13-12-23-10-8-9-11-27(23)49-28)41(63)50-29(17-31(57)58)40(62)52-36(22(3)4)43(65)54-15-14-24(18-44(5,6)7)37(54)42(64)53-55(19-32(59)60)30(56)20-66-38-33(47)25(45)16-26(46)34(38)48/h8-13,16,21-22,24,29,35-37H,14-15,17-20H2,1-7H3,(H,50,63)(H,51,61)(H,52,62)(H,53,64)(H,57,58)(H,59,60)/t24-,29-,35-,36-,37?/m0/s1. The van der Waals surface area contributed by atoms with Crippen LogP contribution in [-0.2, 0) is 33.6 Å². The first kappa shape index (κ1) is 51.8. The molecule has 1 aliphatic rings. The monoisotopic (exact) mass is 931 g/mol. The molecular formula is C44H53F4N7O11. The number of hydrogen-bond acceptors (Lipinski definition) is 10. The van der Waals surface area contributed by atoms with Crippen LogP contribution in [0.3, 0.4) is 0 Å². The number of carboxylic acid groups (broad SMARTS) is 2. The largest absolute Gasteiger partial charge is 0.481 e. The average molecular weight is 932 g/mol. The van der Waals surface area contributed by atoms with Gasteiger partial charge in [-0.05, 0) is 48.1 Å². The zero-order chi connectivity index (χ0) is 49.4. The molecule has 0 aliphatic carbocycles. The summed E-state index contributed by atoms with van der Waals surface area (Å²) >= 11 is 0. The van der Waals surface area contributed by atoms with Gasteiger partial charge >= 0.3 is 11.9 Å². The van der Waals surface area contributed by atoms with Gasteiger partial charge in [-0.15, -0.1) is 0 Å². The van der Waals surface area contributed by atoms with Crippen LogP contribution in [0.1, 0.15) is 78.2 Å². The Hall–Kier alpha value is -6.87. The Morgan fingerprint density at radius 3 is 2.03 bits per heavy atom. The van der Waals surface area contributed by atoms with Crippen molar-refractivity contribution < 1.29 is 70.9 Å². The van der Waals surface area contributed by atoms with Gasteiger partial charge in [-0.2, -0.15) is 8.78 Å². The lowest BCUT2D eigenvalue weighted by molar-refractivity contribution is -0.154. The van der Waals surface area contributed by atoms with Gasteiger partial charge < -0.3 is 35.8 Å². The molecule has 2 heterocycles. The fourth-order valence-electron chi connectivity index (χ4n) is 7.41. The molecule has 1 unspecified atom stereocenters. The molecule has 1 saturated heterocycles. The number of pyridine rings is 1.